The highest BCUT2D eigenvalue weighted by molar-refractivity contribution is 7.99. The van der Waals surface area contributed by atoms with Gasteiger partial charge in [0.2, 0.25) is 0 Å². The van der Waals surface area contributed by atoms with Gasteiger partial charge >= 0.3 is 0 Å². The van der Waals surface area contributed by atoms with Gasteiger partial charge < -0.3 is 9.88 Å². The van der Waals surface area contributed by atoms with Gasteiger partial charge in [-0.05, 0) is 24.6 Å². The van der Waals surface area contributed by atoms with E-state index >= 15 is 0 Å². The lowest BCUT2D eigenvalue weighted by Gasteiger charge is -2.35. The standard InChI is InChI=1S/C17H17ClN2O2S/c1-11-8-16(21)14(9-19-11)17(22)20-6-7-23-10-15(20)12-2-4-13(18)5-3-12/h2-5,8-9,15H,6-7,10H2,1H3,(H,19,21). The summed E-state index contributed by atoms with van der Waals surface area (Å²) in [6.07, 6.45) is 1.51. The largest absolute Gasteiger partial charge is 0.364 e. The van der Waals surface area contributed by atoms with E-state index in [1.54, 1.807) is 11.8 Å². The minimum atomic E-state index is -0.237. The number of carbonyl (C=O) groups excluding carboxylic acids is 1. The molecule has 1 N–H and O–H groups in total. The molecule has 0 radical (unpaired) electrons. The van der Waals surface area contributed by atoms with Crippen LogP contribution in [0.4, 0.5) is 0 Å². The first-order valence-electron chi connectivity index (χ1n) is 7.40. The lowest BCUT2D eigenvalue weighted by Crippen LogP contribution is -2.42. The van der Waals surface area contributed by atoms with Crippen LogP contribution in [0.2, 0.25) is 5.02 Å². The number of aromatic amines is 1. The maximum Gasteiger partial charge on any atom is 0.259 e. The smallest absolute Gasteiger partial charge is 0.259 e. The van der Waals surface area contributed by atoms with E-state index < -0.39 is 0 Å². The number of H-pyrrole nitrogens is 1. The van der Waals surface area contributed by atoms with Gasteiger partial charge in [-0.2, -0.15) is 11.8 Å². The topological polar surface area (TPSA) is 53.2 Å². The van der Waals surface area contributed by atoms with Gasteiger partial charge in [0.15, 0.2) is 5.43 Å². The molecule has 0 aliphatic carbocycles. The molecule has 1 atom stereocenters. The predicted octanol–water partition coefficient (Wildman–Crippen LogP) is 3.27. The number of thioether (sulfide) groups is 1. The van der Waals surface area contributed by atoms with Crippen LogP contribution < -0.4 is 5.43 Å². The highest BCUT2D eigenvalue weighted by Gasteiger charge is 2.30. The van der Waals surface area contributed by atoms with Gasteiger partial charge in [0, 0.05) is 41.0 Å². The molecule has 0 bridgehead atoms. The van der Waals surface area contributed by atoms with Gasteiger partial charge in [0.05, 0.1) is 6.04 Å². The number of carbonyl (C=O) groups is 1. The summed E-state index contributed by atoms with van der Waals surface area (Å²) in [5.41, 5.74) is 1.74. The van der Waals surface area contributed by atoms with Crippen LogP contribution in [0.3, 0.4) is 0 Å². The Hall–Kier alpha value is -1.72. The average molecular weight is 349 g/mol. The number of aryl methyl sites for hydroxylation is 1. The van der Waals surface area contributed by atoms with Gasteiger partial charge in [-0.3, -0.25) is 9.59 Å². The molecule has 4 nitrogen and oxygen atoms in total. The lowest BCUT2D eigenvalue weighted by molar-refractivity contribution is 0.0699. The van der Waals surface area contributed by atoms with Crippen LogP contribution in [-0.2, 0) is 0 Å². The zero-order chi connectivity index (χ0) is 16.4. The SMILES string of the molecule is Cc1cc(=O)c(C(=O)N2CCSCC2c2ccc(Cl)cc2)c[nH]1. The number of aromatic nitrogens is 1. The van der Waals surface area contributed by atoms with Crippen molar-refractivity contribution in [3.05, 3.63) is 68.6 Å². The van der Waals surface area contributed by atoms with E-state index in [1.807, 2.05) is 36.0 Å². The van der Waals surface area contributed by atoms with E-state index in [1.165, 1.54) is 12.3 Å². The van der Waals surface area contributed by atoms with Crippen LogP contribution in [0.25, 0.3) is 0 Å². The number of hydrogen-bond acceptors (Lipinski definition) is 3. The molecule has 120 valence electrons. The summed E-state index contributed by atoms with van der Waals surface area (Å²) in [7, 11) is 0. The first kappa shape index (κ1) is 16.1. The second-order valence-corrected chi connectivity index (χ2v) is 7.12. The quantitative estimate of drug-likeness (QED) is 0.906. The van der Waals surface area contributed by atoms with Crippen molar-refractivity contribution in [3.63, 3.8) is 0 Å². The molecule has 1 saturated heterocycles. The van der Waals surface area contributed by atoms with Crippen molar-refractivity contribution in [2.24, 2.45) is 0 Å². The summed E-state index contributed by atoms with van der Waals surface area (Å²) in [5.74, 6) is 1.48. The Labute approximate surface area is 143 Å². The van der Waals surface area contributed by atoms with Crippen molar-refractivity contribution in [1.82, 2.24) is 9.88 Å². The van der Waals surface area contributed by atoms with Crippen LogP contribution in [-0.4, -0.2) is 33.8 Å². The van der Waals surface area contributed by atoms with Crippen molar-refractivity contribution >= 4 is 29.3 Å². The zero-order valence-electron chi connectivity index (χ0n) is 12.7. The number of nitrogens with one attached hydrogen (secondary N) is 1. The minimum Gasteiger partial charge on any atom is -0.364 e. The van der Waals surface area contributed by atoms with Gasteiger partial charge in [-0.25, -0.2) is 0 Å². The number of benzene rings is 1. The van der Waals surface area contributed by atoms with E-state index in [4.69, 9.17) is 11.6 Å². The number of rotatable bonds is 2. The van der Waals surface area contributed by atoms with Gasteiger partial charge in [-0.1, -0.05) is 23.7 Å². The van der Waals surface area contributed by atoms with Crippen molar-refractivity contribution < 1.29 is 4.79 Å². The summed E-state index contributed by atoms with van der Waals surface area (Å²) in [6, 6.07) is 8.97. The van der Waals surface area contributed by atoms with E-state index in [2.05, 4.69) is 4.98 Å². The van der Waals surface area contributed by atoms with E-state index in [0.717, 1.165) is 22.8 Å². The Balaban J connectivity index is 1.93. The van der Waals surface area contributed by atoms with Gasteiger partial charge in [0.1, 0.15) is 5.56 Å². The third kappa shape index (κ3) is 3.46. The third-order valence-corrected chi connectivity index (χ3v) is 5.21. The molecule has 1 aliphatic heterocycles. The number of halogens is 1. The lowest BCUT2D eigenvalue weighted by atomic mass is 10.1. The summed E-state index contributed by atoms with van der Waals surface area (Å²) in [5, 5.41) is 0.671. The number of amides is 1. The van der Waals surface area contributed by atoms with Crippen LogP contribution in [0.1, 0.15) is 27.7 Å². The van der Waals surface area contributed by atoms with Crippen LogP contribution in [0.15, 0.2) is 41.3 Å². The normalized spacial score (nSPS) is 18.0. The molecule has 2 heterocycles. The van der Waals surface area contributed by atoms with E-state index in [9.17, 15) is 9.59 Å². The fourth-order valence-corrected chi connectivity index (χ4v) is 3.92. The molecule has 1 aliphatic rings. The van der Waals surface area contributed by atoms with E-state index in [0.29, 0.717) is 11.6 Å². The van der Waals surface area contributed by atoms with Gasteiger partial charge in [-0.15, -0.1) is 0 Å². The van der Waals surface area contributed by atoms with Gasteiger partial charge in [0.25, 0.3) is 5.91 Å². The molecule has 1 fully saturated rings. The third-order valence-electron chi connectivity index (χ3n) is 3.93. The maximum atomic E-state index is 12.9. The Morgan fingerprint density at radius 2 is 2.09 bits per heavy atom. The average Bonchev–Trinajstić information content (AvgIpc) is 2.55. The number of pyridine rings is 1. The summed E-state index contributed by atoms with van der Waals surface area (Å²) in [4.78, 5) is 29.7. The Kier molecular flexibility index (Phi) is 4.78. The molecule has 1 aromatic carbocycles. The fourth-order valence-electron chi connectivity index (χ4n) is 2.70. The molecule has 23 heavy (non-hydrogen) atoms. The second kappa shape index (κ2) is 6.81. The molecular formula is C17H17ClN2O2S. The highest BCUT2D eigenvalue weighted by Crippen LogP contribution is 2.31. The highest BCUT2D eigenvalue weighted by atomic mass is 35.5. The minimum absolute atomic E-state index is 0.0424. The molecule has 1 amide bonds. The summed E-state index contributed by atoms with van der Waals surface area (Å²) >= 11 is 7.76. The van der Waals surface area contributed by atoms with Crippen molar-refractivity contribution in [2.45, 2.75) is 13.0 Å². The second-order valence-electron chi connectivity index (χ2n) is 5.53. The molecule has 1 aromatic heterocycles. The van der Waals surface area contributed by atoms with Crippen molar-refractivity contribution in [2.75, 3.05) is 18.1 Å². The van der Waals surface area contributed by atoms with Crippen LogP contribution in [0, 0.1) is 6.92 Å². The Morgan fingerprint density at radius 1 is 1.35 bits per heavy atom. The summed E-state index contributed by atoms with van der Waals surface area (Å²) < 4.78 is 0. The molecule has 1 unspecified atom stereocenters. The zero-order valence-corrected chi connectivity index (χ0v) is 14.3. The number of nitrogens with zero attached hydrogens (tertiary/aromatic N) is 1. The molecule has 6 heteroatoms. The maximum absolute atomic E-state index is 12.9. The van der Waals surface area contributed by atoms with Crippen molar-refractivity contribution in [1.29, 1.82) is 0 Å². The molecule has 2 aromatic rings. The monoisotopic (exact) mass is 348 g/mol. The Bertz CT molecular complexity index is 773. The first-order valence-corrected chi connectivity index (χ1v) is 8.93. The summed E-state index contributed by atoms with van der Waals surface area (Å²) in [6.45, 7) is 2.42. The van der Waals surface area contributed by atoms with Crippen LogP contribution in [0.5, 0.6) is 0 Å². The van der Waals surface area contributed by atoms with Crippen molar-refractivity contribution in [3.8, 4) is 0 Å². The predicted molar refractivity (Wildman–Crippen MR) is 94.4 cm³/mol. The molecule has 3 rings (SSSR count). The Morgan fingerprint density at radius 3 is 2.78 bits per heavy atom. The van der Waals surface area contributed by atoms with E-state index in [-0.39, 0.29) is 22.9 Å². The molecule has 0 spiro atoms. The fraction of sp³-hybridized carbons (Fsp3) is 0.294. The number of hydrogen-bond donors (Lipinski definition) is 1. The first-order chi connectivity index (χ1) is 11.1. The molecule has 0 saturated carbocycles. The van der Waals surface area contributed by atoms with Crippen LogP contribution >= 0.6 is 23.4 Å². The molecular weight excluding hydrogens is 332 g/mol.